The Hall–Kier alpha value is -3.03. The summed E-state index contributed by atoms with van der Waals surface area (Å²) in [4.78, 5) is 16.4. The minimum absolute atomic E-state index is 0.267. The van der Waals surface area contributed by atoms with Gasteiger partial charge >= 0.3 is 5.97 Å². The van der Waals surface area contributed by atoms with Crippen molar-refractivity contribution < 1.29 is 18.7 Å². The quantitative estimate of drug-likeness (QED) is 0.612. The molecule has 0 saturated carbocycles. The Morgan fingerprint density at radius 3 is 2.39 bits per heavy atom. The van der Waals surface area contributed by atoms with E-state index in [-0.39, 0.29) is 5.56 Å². The molecule has 2 aromatic carbocycles. The van der Waals surface area contributed by atoms with Crippen LogP contribution in [-0.2, 0) is 0 Å². The molecule has 0 aromatic heterocycles. The van der Waals surface area contributed by atoms with E-state index in [1.807, 2.05) is 18.2 Å². The Morgan fingerprint density at radius 1 is 1.03 bits per heavy atom. The van der Waals surface area contributed by atoms with Crippen LogP contribution in [0.5, 0.6) is 0 Å². The van der Waals surface area contributed by atoms with E-state index in [1.165, 1.54) is 10.4 Å². The molecule has 0 spiro atoms. The average Bonchev–Trinajstić information content (AvgIpc) is 2.81. The van der Waals surface area contributed by atoms with Gasteiger partial charge in [-0.05, 0) is 57.8 Å². The monoisotopic (exact) mass is 504 g/mol. The zero-order chi connectivity index (χ0) is 25.4. The number of halogens is 2. The lowest BCUT2D eigenvalue weighted by atomic mass is 9.83. The molecule has 6 rings (SSSR count). The normalized spacial score (nSPS) is 25.6. The number of carboxylic acid groups (broad SMARTS) is 1. The van der Waals surface area contributed by atoms with Gasteiger partial charge in [-0.15, -0.1) is 0 Å². The molecule has 36 heavy (non-hydrogen) atoms. The third-order valence-electron chi connectivity index (χ3n) is 8.35. The Bertz CT molecular complexity index is 1370. The predicted octanol–water partition coefficient (Wildman–Crippen LogP) is 4.72. The van der Waals surface area contributed by atoms with Gasteiger partial charge in [-0.25, -0.2) is 13.6 Å². The second kappa shape index (κ2) is 7.98. The highest BCUT2D eigenvalue weighted by molar-refractivity contribution is 6.97. The molecule has 3 heterocycles. The van der Waals surface area contributed by atoms with Crippen molar-refractivity contribution in [3.05, 3.63) is 88.2 Å². The van der Waals surface area contributed by atoms with E-state index in [9.17, 15) is 18.7 Å². The summed E-state index contributed by atoms with van der Waals surface area (Å²) < 4.78 is 27.4. The molecule has 4 nitrogen and oxygen atoms in total. The van der Waals surface area contributed by atoms with Crippen LogP contribution in [0.1, 0.15) is 28.4 Å². The molecule has 1 aliphatic carbocycles. The van der Waals surface area contributed by atoms with Crippen molar-refractivity contribution in [2.45, 2.75) is 37.9 Å². The molecule has 7 heteroatoms. The van der Waals surface area contributed by atoms with E-state index in [2.05, 4.69) is 60.2 Å². The third kappa shape index (κ3) is 3.44. The molecule has 1 atom stereocenters. The fourth-order valence-corrected chi connectivity index (χ4v) is 9.29. The van der Waals surface area contributed by atoms with E-state index in [0.29, 0.717) is 31.7 Å². The fourth-order valence-electron chi connectivity index (χ4n) is 6.08. The lowest BCUT2D eigenvalue weighted by Gasteiger charge is -2.49. The number of carbonyl (C=O) groups is 1. The molecule has 186 valence electrons. The molecule has 2 aromatic rings. The van der Waals surface area contributed by atoms with Crippen molar-refractivity contribution in [1.29, 1.82) is 0 Å². The number of rotatable bonds is 4. The molecule has 2 fully saturated rings. The minimum atomic E-state index is -2.25. The lowest BCUT2D eigenvalue weighted by molar-refractivity contribution is 0.0198. The van der Waals surface area contributed by atoms with Gasteiger partial charge in [-0.2, -0.15) is 0 Å². The number of nitrogens with zero attached hydrogens (tertiary/aromatic N) is 2. The van der Waals surface area contributed by atoms with Gasteiger partial charge in [0.25, 0.3) is 0 Å². The summed E-state index contributed by atoms with van der Waals surface area (Å²) in [6.45, 7) is 8.41. The molecule has 1 N–H and O–H groups in total. The first-order valence-corrected chi connectivity index (χ1v) is 15.5. The maximum absolute atomic E-state index is 13.8. The minimum Gasteiger partial charge on any atom is -0.478 e. The first-order valence-electron chi connectivity index (χ1n) is 12.5. The highest BCUT2D eigenvalue weighted by Gasteiger charge is 2.45. The van der Waals surface area contributed by atoms with Crippen LogP contribution < -0.4 is 10.1 Å². The molecular formula is C29H30F2N2O2Si. The number of benzene rings is 2. The zero-order valence-corrected chi connectivity index (χ0v) is 21.8. The van der Waals surface area contributed by atoms with Crippen LogP contribution in [0, 0.1) is 0 Å². The zero-order valence-electron chi connectivity index (χ0n) is 20.8. The Kier molecular flexibility index (Phi) is 5.18. The summed E-state index contributed by atoms with van der Waals surface area (Å²) in [5, 5.41) is 12.5. The SMILES string of the molecule is CC1(N2CC(F)C2)C=CC2=C(c3ccccc3C(=O)O)c3ccc(N4CC(F)C4)cc3[Si](C)(C)C2=C1. The number of anilines is 1. The molecule has 4 aliphatic rings. The second-order valence-electron chi connectivity index (χ2n) is 11.1. The molecular weight excluding hydrogens is 474 g/mol. The summed E-state index contributed by atoms with van der Waals surface area (Å²) in [7, 11) is -2.25. The maximum atomic E-state index is 13.8. The molecule has 3 aliphatic heterocycles. The van der Waals surface area contributed by atoms with E-state index in [4.69, 9.17) is 0 Å². The van der Waals surface area contributed by atoms with Gasteiger partial charge in [-0.3, -0.25) is 4.90 Å². The van der Waals surface area contributed by atoms with E-state index in [0.717, 1.165) is 22.4 Å². The Balaban J connectivity index is 1.59. The number of fused-ring (bicyclic) bond motifs is 2. The largest absolute Gasteiger partial charge is 0.478 e. The highest BCUT2D eigenvalue weighted by Crippen LogP contribution is 2.45. The average molecular weight is 505 g/mol. The molecule has 0 amide bonds. The van der Waals surface area contributed by atoms with Crippen LogP contribution in [0.4, 0.5) is 14.5 Å². The highest BCUT2D eigenvalue weighted by atomic mass is 28.3. The molecule has 0 radical (unpaired) electrons. The van der Waals surface area contributed by atoms with Crippen LogP contribution in [0.15, 0.2) is 71.5 Å². The molecule has 2 saturated heterocycles. The topological polar surface area (TPSA) is 43.8 Å². The van der Waals surface area contributed by atoms with Crippen LogP contribution >= 0.6 is 0 Å². The van der Waals surface area contributed by atoms with Crippen molar-refractivity contribution >= 4 is 30.5 Å². The predicted molar refractivity (Wildman–Crippen MR) is 142 cm³/mol. The van der Waals surface area contributed by atoms with Crippen LogP contribution in [0.2, 0.25) is 13.1 Å². The van der Waals surface area contributed by atoms with Crippen LogP contribution in [0.25, 0.3) is 5.57 Å². The smallest absolute Gasteiger partial charge is 0.336 e. The van der Waals surface area contributed by atoms with Crippen molar-refractivity contribution in [2.24, 2.45) is 0 Å². The first kappa shape index (κ1) is 23.4. The van der Waals surface area contributed by atoms with Crippen molar-refractivity contribution in [3.8, 4) is 0 Å². The standard InChI is InChI=1S/C29H30F2N2O2Si/c1-29(33-16-19(31)17-33)11-10-24-26(13-29)36(2,3)25-12-20(32-14-18(30)15-32)8-9-23(25)27(24)21-6-4-5-7-22(21)28(34)35/h4-13,18-19H,14-17H2,1-3H3,(H,34,35). The fraction of sp³-hybridized carbons (Fsp3) is 0.345. The second-order valence-corrected chi connectivity index (χ2v) is 15.4. The van der Waals surface area contributed by atoms with Crippen LogP contribution in [-0.4, -0.2) is 68.1 Å². The number of hydrogen-bond donors (Lipinski definition) is 1. The Labute approximate surface area is 211 Å². The van der Waals surface area contributed by atoms with Gasteiger partial charge < -0.3 is 10.0 Å². The Morgan fingerprint density at radius 2 is 1.72 bits per heavy atom. The van der Waals surface area contributed by atoms with Crippen molar-refractivity contribution in [2.75, 3.05) is 31.1 Å². The summed E-state index contributed by atoms with van der Waals surface area (Å²) in [6.07, 6.45) is 4.97. The van der Waals surface area contributed by atoms with Gasteiger partial charge in [0.1, 0.15) is 20.4 Å². The third-order valence-corrected chi connectivity index (χ3v) is 11.9. The molecule has 1 unspecified atom stereocenters. The van der Waals surface area contributed by atoms with Crippen LogP contribution in [0.3, 0.4) is 0 Å². The number of likely N-dealkylation sites (tertiary alicyclic amines) is 1. The van der Waals surface area contributed by atoms with Gasteiger partial charge in [0.2, 0.25) is 0 Å². The van der Waals surface area contributed by atoms with E-state index < -0.39 is 31.9 Å². The van der Waals surface area contributed by atoms with Gasteiger partial charge in [0.05, 0.1) is 24.2 Å². The van der Waals surface area contributed by atoms with Gasteiger partial charge in [-0.1, -0.05) is 55.6 Å². The van der Waals surface area contributed by atoms with Gasteiger partial charge in [0.15, 0.2) is 0 Å². The summed E-state index contributed by atoms with van der Waals surface area (Å²) in [6, 6.07) is 13.5. The van der Waals surface area contributed by atoms with Gasteiger partial charge in [0, 0.05) is 18.8 Å². The summed E-state index contributed by atoms with van der Waals surface area (Å²) >= 11 is 0. The maximum Gasteiger partial charge on any atom is 0.336 e. The lowest BCUT2D eigenvalue weighted by Crippen LogP contribution is -2.60. The van der Waals surface area contributed by atoms with E-state index >= 15 is 0 Å². The molecule has 0 bridgehead atoms. The number of allylic oxidation sites excluding steroid dienone is 3. The number of hydrogen-bond acceptors (Lipinski definition) is 3. The number of alkyl halides is 2. The summed E-state index contributed by atoms with van der Waals surface area (Å²) in [5.41, 5.74) is 4.61. The summed E-state index contributed by atoms with van der Waals surface area (Å²) in [5.74, 6) is -0.960. The number of aromatic carboxylic acids is 1. The van der Waals surface area contributed by atoms with E-state index in [1.54, 1.807) is 12.1 Å². The van der Waals surface area contributed by atoms with Crippen molar-refractivity contribution in [1.82, 2.24) is 4.90 Å². The number of carboxylic acids is 1. The first-order chi connectivity index (χ1) is 17.1. The van der Waals surface area contributed by atoms with Crippen molar-refractivity contribution in [3.63, 3.8) is 0 Å².